The van der Waals surface area contributed by atoms with Gasteiger partial charge >= 0.3 is 0 Å². The van der Waals surface area contributed by atoms with Crippen molar-refractivity contribution in [1.82, 2.24) is 0 Å². The third kappa shape index (κ3) is 4.21. The molecule has 0 aliphatic carbocycles. The Morgan fingerprint density at radius 3 is 2.60 bits per heavy atom. The van der Waals surface area contributed by atoms with Crippen molar-refractivity contribution in [3.8, 4) is 5.75 Å². The second-order valence-electron chi connectivity index (χ2n) is 4.10. The molecule has 0 atom stereocenters. The van der Waals surface area contributed by atoms with E-state index in [0.717, 1.165) is 11.4 Å². The minimum Gasteiger partial charge on any atom is -0.492 e. The van der Waals surface area contributed by atoms with Gasteiger partial charge in [0, 0.05) is 6.54 Å². The lowest BCUT2D eigenvalue weighted by Crippen LogP contribution is -2.29. The largest absolute Gasteiger partial charge is 0.492 e. The van der Waals surface area contributed by atoms with Gasteiger partial charge in [0.1, 0.15) is 5.75 Å². The second-order valence-corrected chi connectivity index (χ2v) is 4.10. The van der Waals surface area contributed by atoms with Crippen LogP contribution in [0.5, 0.6) is 5.75 Å². The zero-order valence-corrected chi connectivity index (χ0v) is 9.58. The van der Waals surface area contributed by atoms with Crippen LogP contribution in [-0.4, -0.2) is 23.9 Å². The Morgan fingerprint density at radius 2 is 2.00 bits per heavy atom. The number of ether oxygens (including phenoxy) is 1. The molecule has 0 bridgehead atoms. The quantitative estimate of drug-likeness (QED) is 0.781. The SMILES string of the molecule is CCOc1ccccc1NCC(C)(C)O. The summed E-state index contributed by atoms with van der Waals surface area (Å²) < 4.78 is 5.46. The van der Waals surface area contributed by atoms with Gasteiger partial charge in [0.2, 0.25) is 0 Å². The first-order valence-electron chi connectivity index (χ1n) is 5.21. The fraction of sp³-hybridized carbons (Fsp3) is 0.500. The molecule has 15 heavy (non-hydrogen) atoms. The normalized spacial score (nSPS) is 11.2. The van der Waals surface area contributed by atoms with Crippen molar-refractivity contribution in [3.63, 3.8) is 0 Å². The Kier molecular flexibility index (Phi) is 3.97. The second kappa shape index (κ2) is 5.03. The summed E-state index contributed by atoms with van der Waals surface area (Å²) >= 11 is 0. The molecule has 3 heteroatoms. The zero-order chi connectivity index (χ0) is 11.3. The Morgan fingerprint density at radius 1 is 1.33 bits per heavy atom. The molecule has 3 nitrogen and oxygen atoms in total. The number of para-hydroxylation sites is 2. The van der Waals surface area contributed by atoms with Crippen molar-refractivity contribution in [2.24, 2.45) is 0 Å². The minimum absolute atomic E-state index is 0.497. The molecule has 1 rings (SSSR count). The molecule has 1 aromatic rings. The van der Waals surface area contributed by atoms with Gasteiger partial charge in [-0.1, -0.05) is 12.1 Å². The third-order valence-corrected chi connectivity index (χ3v) is 1.90. The molecule has 0 amide bonds. The van der Waals surface area contributed by atoms with E-state index in [1.54, 1.807) is 13.8 Å². The minimum atomic E-state index is -0.723. The average molecular weight is 209 g/mol. The predicted molar refractivity (Wildman–Crippen MR) is 62.4 cm³/mol. The van der Waals surface area contributed by atoms with E-state index in [2.05, 4.69) is 5.32 Å². The van der Waals surface area contributed by atoms with Crippen molar-refractivity contribution >= 4 is 5.69 Å². The maximum absolute atomic E-state index is 9.60. The monoisotopic (exact) mass is 209 g/mol. The van der Waals surface area contributed by atoms with Gasteiger partial charge in [-0.3, -0.25) is 0 Å². The molecule has 2 N–H and O–H groups in total. The van der Waals surface area contributed by atoms with Gasteiger partial charge in [-0.2, -0.15) is 0 Å². The Bertz CT molecular complexity index is 305. The number of benzene rings is 1. The van der Waals surface area contributed by atoms with Crippen LogP contribution in [0.15, 0.2) is 24.3 Å². The smallest absolute Gasteiger partial charge is 0.142 e. The fourth-order valence-corrected chi connectivity index (χ4v) is 1.21. The van der Waals surface area contributed by atoms with E-state index in [1.807, 2.05) is 31.2 Å². The Balaban J connectivity index is 2.67. The molecule has 84 valence electrons. The summed E-state index contributed by atoms with van der Waals surface area (Å²) in [5.41, 5.74) is 0.195. The highest BCUT2D eigenvalue weighted by atomic mass is 16.5. The van der Waals surface area contributed by atoms with Gasteiger partial charge in [-0.15, -0.1) is 0 Å². The molecule has 0 spiro atoms. The van der Waals surface area contributed by atoms with Crippen LogP contribution in [0.25, 0.3) is 0 Å². The highest BCUT2D eigenvalue weighted by molar-refractivity contribution is 5.56. The third-order valence-electron chi connectivity index (χ3n) is 1.90. The lowest BCUT2D eigenvalue weighted by atomic mass is 10.1. The van der Waals surface area contributed by atoms with E-state index in [1.165, 1.54) is 0 Å². The molecule has 0 fully saturated rings. The zero-order valence-electron chi connectivity index (χ0n) is 9.58. The first-order chi connectivity index (χ1) is 7.03. The molecule has 0 saturated heterocycles. The summed E-state index contributed by atoms with van der Waals surface area (Å²) in [6.45, 7) is 6.62. The maximum Gasteiger partial charge on any atom is 0.142 e. The fourth-order valence-electron chi connectivity index (χ4n) is 1.21. The van der Waals surface area contributed by atoms with Crippen LogP contribution in [0.2, 0.25) is 0 Å². The number of nitrogens with one attached hydrogen (secondary N) is 1. The van der Waals surface area contributed by atoms with Crippen LogP contribution in [0.3, 0.4) is 0 Å². The van der Waals surface area contributed by atoms with Crippen LogP contribution in [0.4, 0.5) is 5.69 Å². The lowest BCUT2D eigenvalue weighted by molar-refractivity contribution is 0.0944. The van der Waals surface area contributed by atoms with E-state index in [-0.39, 0.29) is 0 Å². The molecule has 0 aliphatic heterocycles. The summed E-state index contributed by atoms with van der Waals surface area (Å²) in [6.07, 6.45) is 0. The summed E-state index contributed by atoms with van der Waals surface area (Å²) in [5, 5.41) is 12.8. The van der Waals surface area contributed by atoms with Crippen LogP contribution >= 0.6 is 0 Å². The average Bonchev–Trinajstić information content (AvgIpc) is 2.16. The molecule has 1 aromatic carbocycles. The topological polar surface area (TPSA) is 41.5 Å². The van der Waals surface area contributed by atoms with Crippen LogP contribution in [0, 0.1) is 0 Å². The van der Waals surface area contributed by atoms with Gasteiger partial charge in [0.05, 0.1) is 17.9 Å². The molecular weight excluding hydrogens is 190 g/mol. The summed E-state index contributed by atoms with van der Waals surface area (Å²) in [6, 6.07) is 7.72. The molecule has 0 aliphatic rings. The molecule has 0 unspecified atom stereocenters. The van der Waals surface area contributed by atoms with E-state index < -0.39 is 5.60 Å². The van der Waals surface area contributed by atoms with Gasteiger partial charge in [-0.25, -0.2) is 0 Å². The van der Waals surface area contributed by atoms with Crippen molar-refractivity contribution in [3.05, 3.63) is 24.3 Å². The Hall–Kier alpha value is -1.22. The number of anilines is 1. The number of rotatable bonds is 5. The van der Waals surface area contributed by atoms with Crippen molar-refractivity contribution in [2.45, 2.75) is 26.4 Å². The summed E-state index contributed by atoms with van der Waals surface area (Å²) in [5.74, 6) is 0.823. The molecule has 0 saturated carbocycles. The molecule has 0 aromatic heterocycles. The first kappa shape index (κ1) is 11.9. The van der Waals surface area contributed by atoms with Gasteiger partial charge in [0.25, 0.3) is 0 Å². The molecule has 0 radical (unpaired) electrons. The highest BCUT2D eigenvalue weighted by Gasteiger charge is 2.12. The van der Waals surface area contributed by atoms with Crippen molar-refractivity contribution in [2.75, 3.05) is 18.5 Å². The van der Waals surface area contributed by atoms with Crippen molar-refractivity contribution in [1.29, 1.82) is 0 Å². The van der Waals surface area contributed by atoms with E-state index >= 15 is 0 Å². The number of hydrogen-bond donors (Lipinski definition) is 2. The predicted octanol–water partition coefficient (Wildman–Crippen LogP) is 2.27. The van der Waals surface area contributed by atoms with Crippen LogP contribution in [0.1, 0.15) is 20.8 Å². The van der Waals surface area contributed by atoms with Crippen molar-refractivity contribution < 1.29 is 9.84 Å². The van der Waals surface area contributed by atoms with Crippen LogP contribution < -0.4 is 10.1 Å². The van der Waals surface area contributed by atoms with Gasteiger partial charge in [0.15, 0.2) is 0 Å². The van der Waals surface area contributed by atoms with E-state index in [4.69, 9.17) is 4.74 Å². The summed E-state index contributed by atoms with van der Waals surface area (Å²) in [7, 11) is 0. The maximum atomic E-state index is 9.60. The molecular formula is C12H19NO2. The molecule has 0 heterocycles. The lowest BCUT2D eigenvalue weighted by Gasteiger charge is -2.20. The number of aliphatic hydroxyl groups is 1. The standard InChI is InChI=1S/C12H19NO2/c1-4-15-11-8-6-5-7-10(11)13-9-12(2,3)14/h5-8,13-14H,4,9H2,1-3H3. The van der Waals surface area contributed by atoms with Crippen LogP contribution in [-0.2, 0) is 0 Å². The summed E-state index contributed by atoms with van der Waals surface area (Å²) in [4.78, 5) is 0. The first-order valence-corrected chi connectivity index (χ1v) is 5.21. The highest BCUT2D eigenvalue weighted by Crippen LogP contribution is 2.24. The van der Waals surface area contributed by atoms with E-state index in [0.29, 0.717) is 13.2 Å². The van der Waals surface area contributed by atoms with Gasteiger partial charge < -0.3 is 15.2 Å². The van der Waals surface area contributed by atoms with E-state index in [9.17, 15) is 5.11 Å². The number of hydrogen-bond acceptors (Lipinski definition) is 3. The Labute approximate surface area is 91.1 Å². The van der Waals surface area contributed by atoms with Gasteiger partial charge in [-0.05, 0) is 32.9 Å².